The maximum absolute atomic E-state index is 5.56. The molecule has 2 fully saturated rings. The molecule has 5 unspecified atom stereocenters. The molecule has 1 aromatic carbocycles. The zero-order valence-electron chi connectivity index (χ0n) is 20.9. The quantitative estimate of drug-likeness (QED) is 0.297. The van der Waals surface area contributed by atoms with Gasteiger partial charge in [0.2, 0.25) is 0 Å². The molecule has 33 heavy (non-hydrogen) atoms. The van der Waals surface area contributed by atoms with Crippen molar-refractivity contribution in [3.8, 4) is 0 Å². The molecular formula is C30H39BrN2. The van der Waals surface area contributed by atoms with Crippen molar-refractivity contribution in [3.05, 3.63) is 65.9 Å². The predicted octanol–water partition coefficient (Wildman–Crippen LogP) is 8.23. The topological polar surface area (TPSA) is 15.6 Å². The van der Waals surface area contributed by atoms with Crippen molar-refractivity contribution in [2.45, 2.75) is 77.8 Å². The number of nitrogens with zero attached hydrogens (tertiary/aromatic N) is 2. The lowest BCUT2D eigenvalue weighted by Crippen LogP contribution is -2.46. The Morgan fingerprint density at radius 2 is 1.76 bits per heavy atom. The molecule has 1 saturated heterocycles. The Bertz CT molecular complexity index is 1010. The minimum atomic E-state index is 0.118. The second-order valence-electron chi connectivity index (χ2n) is 12.0. The Labute approximate surface area is 209 Å². The van der Waals surface area contributed by atoms with Gasteiger partial charge in [-0.05, 0) is 60.0 Å². The molecule has 5 atom stereocenters. The van der Waals surface area contributed by atoms with Crippen LogP contribution in [0.4, 0.5) is 0 Å². The van der Waals surface area contributed by atoms with Gasteiger partial charge in [0.15, 0.2) is 0 Å². The van der Waals surface area contributed by atoms with Crippen LogP contribution in [0.5, 0.6) is 0 Å². The average Bonchev–Trinajstić information content (AvgIpc) is 2.87. The third-order valence-corrected chi connectivity index (χ3v) is 10.3. The maximum Gasteiger partial charge on any atom is 0.127 e. The Kier molecular flexibility index (Phi) is 6.00. The summed E-state index contributed by atoms with van der Waals surface area (Å²) in [5, 5.41) is 0. The van der Waals surface area contributed by atoms with Crippen LogP contribution in [0.15, 0.2) is 65.3 Å². The van der Waals surface area contributed by atoms with E-state index in [1.807, 2.05) is 0 Å². The van der Waals surface area contributed by atoms with Gasteiger partial charge in [-0.25, -0.2) is 0 Å². The fraction of sp³-hybridized carbons (Fsp3) is 0.567. The summed E-state index contributed by atoms with van der Waals surface area (Å²) in [5.41, 5.74) is 5.56. The molecule has 0 spiro atoms. The van der Waals surface area contributed by atoms with Crippen LogP contribution in [0.3, 0.4) is 0 Å². The molecule has 2 aliphatic carbocycles. The van der Waals surface area contributed by atoms with Crippen molar-refractivity contribution in [3.63, 3.8) is 0 Å². The number of alkyl halides is 1. The molecular weight excluding hydrogens is 468 g/mol. The summed E-state index contributed by atoms with van der Waals surface area (Å²) >= 11 is 4.05. The van der Waals surface area contributed by atoms with Crippen LogP contribution < -0.4 is 0 Å². The van der Waals surface area contributed by atoms with Crippen LogP contribution in [0.25, 0.3) is 5.57 Å². The standard InChI is InChI=1S/C30H39BrN2/c1-20-14-17-29(3,4)28-32-26(23-12-13-25(21(2)18-23)30(5)15-9-16-30)24(19-33(28)27(20)31)22-10-7-6-8-11-22/h6-8,10-13,18-21,25,27-28H,9,14-17H2,1-5H3. The predicted molar refractivity (Wildman–Crippen MR) is 144 cm³/mol. The second-order valence-corrected chi connectivity index (χ2v) is 12.9. The van der Waals surface area contributed by atoms with E-state index in [-0.39, 0.29) is 11.6 Å². The van der Waals surface area contributed by atoms with Crippen molar-refractivity contribution in [1.82, 2.24) is 4.90 Å². The number of benzene rings is 1. The van der Waals surface area contributed by atoms with Crippen LogP contribution in [0.1, 0.15) is 72.3 Å². The fourth-order valence-electron chi connectivity index (χ4n) is 6.46. The van der Waals surface area contributed by atoms with Crippen LogP contribution in [0, 0.1) is 28.6 Å². The third kappa shape index (κ3) is 4.09. The summed E-state index contributed by atoms with van der Waals surface area (Å²) in [6, 6.07) is 10.8. The van der Waals surface area contributed by atoms with Gasteiger partial charge in [0, 0.05) is 17.2 Å². The number of rotatable bonds is 3. The van der Waals surface area contributed by atoms with Crippen molar-refractivity contribution in [1.29, 1.82) is 0 Å². The number of allylic oxidation sites excluding steroid dienone is 5. The van der Waals surface area contributed by atoms with Gasteiger partial charge >= 0.3 is 0 Å². The van der Waals surface area contributed by atoms with Gasteiger partial charge in [-0.1, -0.05) is 106 Å². The molecule has 0 N–H and O–H groups in total. The summed E-state index contributed by atoms with van der Waals surface area (Å²) < 4.78 is 0. The van der Waals surface area contributed by atoms with E-state index in [9.17, 15) is 0 Å². The van der Waals surface area contributed by atoms with E-state index in [0.717, 1.165) is 0 Å². The zero-order chi connectivity index (χ0) is 23.4. The number of aliphatic imine (C=N–C) groups is 1. The lowest BCUT2D eigenvalue weighted by molar-refractivity contribution is 0.0778. The minimum Gasteiger partial charge on any atom is -0.342 e. The van der Waals surface area contributed by atoms with Gasteiger partial charge in [-0.15, -0.1) is 0 Å². The second kappa shape index (κ2) is 8.56. The Morgan fingerprint density at radius 1 is 1.03 bits per heavy atom. The van der Waals surface area contributed by atoms with Gasteiger partial charge < -0.3 is 4.90 Å². The molecule has 2 nitrogen and oxygen atoms in total. The van der Waals surface area contributed by atoms with E-state index >= 15 is 0 Å². The first-order valence-electron chi connectivity index (χ1n) is 12.9. The van der Waals surface area contributed by atoms with E-state index in [1.54, 1.807) is 0 Å². The largest absolute Gasteiger partial charge is 0.342 e. The summed E-state index contributed by atoms with van der Waals surface area (Å²) in [5.74, 6) is 1.76. The smallest absolute Gasteiger partial charge is 0.127 e. The van der Waals surface area contributed by atoms with Gasteiger partial charge in [-0.2, -0.15) is 0 Å². The zero-order valence-corrected chi connectivity index (χ0v) is 22.5. The number of hydrogen-bond acceptors (Lipinski definition) is 2. The highest BCUT2D eigenvalue weighted by Crippen LogP contribution is 2.52. The Morgan fingerprint density at radius 3 is 2.39 bits per heavy atom. The monoisotopic (exact) mass is 506 g/mol. The number of halogens is 1. The molecule has 0 amide bonds. The third-order valence-electron chi connectivity index (χ3n) is 8.92. The van der Waals surface area contributed by atoms with Gasteiger partial charge in [0.05, 0.1) is 10.7 Å². The summed E-state index contributed by atoms with van der Waals surface area (Å²) in [6.07, 6.45) is 16.5. The van der Waals surface area contributed by atoms with Gasteiger partial charge in [0.1, 0.15) is 6.17 Å². The summed E-state index contributed by atoms with van der Waals surface area (Å²) in [4.78, 5) is 8.36. The SMILES string of the molecule is CC1C=C(C2=NC3N(C=C2c2ccccc2)C(Br)C(C)CCC3(C)C)C=CC1C1(C)CCC1. The van der Waals surface area contributed by atoms with E-state index in [1.165, 1.54) is 54.5 Å². The van der Waals surface area contributed by atoms with Crippen LogP contribution >= 0.6 is 15.9 Å². The molecule has 0 radical (unpaired) electrons. The molecule has 3 heteroatoms. The first-order valence-corrected chi connectivity index (χ1v) is 13.8. The molecule has 2 aliphatic heterocycles. The first kappa shape index (κ1) is 23.1. The lowest BCUT2D eigenvalue weighted by Gasteiger charge is -2.47. The van der Waals surface area contributed by atoms with E-state index in [2.05, 4.69) is 110 Å². The first-order chi connectivity index (χ1) is 15.7. The van der Waals surface area contributed by atoms with Gasteiger partial charge in [0.25, 0.3) is 0 Å². The summed E-state index contributed by atoms with van der Waals surface area (Å²) in [6.45, 7) is 12.0. The lowest BCUT2D eigenvalue weighted by atomic mass is 9.58. The molecule has 0 bridgehead atoms. The highest BCUT2D eigenvalue weighted by atomic mass is 79.9. The van der Waals surface area contributed by atoms with Crippen LogP contribution in [-0.2, 0) is 0 Å². The number of hydrogen-bond donors (Lipinski definition) is 0. The molecule has 2 heterocycles. The average molecular weight is 508 g/mol. The van der Waals surface area contributed by atoms with Crippen LogP contribution in [0.2, 0.25) is 0 Å². The summed E-state index contributed by atoms with van der Waals surface area (Å²) in [7, 11) is 0. The Hall–Kier alpha value is -1.61. The number of fused-ring (bicyclic) bond motifs is 1. The fourth-order valence-corrected chi connectivity index (χ4v) is 7.07. The van der Waals surface area contributed by atoms with Gasteiger partial charge in [-0.3, -0.25) is 4.99 Å². The van der Waals surface area contributed by atoms with Crippen molar-refractivity contribution in [2.75, 3.05) is 0 Å². The highest BCUT2D eigenvalue weighted by molar-refractivity contribution is 9.09. The van der Waals surface area contributed by atoms with Crippen molar-refractivity contribution < 1.29 is 0 Å². The van der Waals surface area contributed by atoms with E-state index in [0.29, 0.717) is 28.1 Å². The maximum atomic E-state index is 5.56. The Balaban J connectivity index is 1.58. The van der Waals surface area contributed by atoms with Crippen molar-refractivity contribution >= 4 is 27.2 Å². The highest BCUT2D eigenvalue weighted by Gasteiger charge is 2.44. The van der Waals surface area contributed by atoms with E-state index < -0.39 is 0 Å². The molecule has 1 saturated carbocycles. The van der Waals surface area contributed by atoms with Crippen molar-refractivity contribution in [2.24, 2.45) is 33.6 Å². The molecule has 4 aliphatic rings. The molecule has 0 aromatic heterocycles. The normalized spacial score (nSPS) is 34.9. The molecule has 1 aromatic rings. The minimum absolute atomic E-state index is 0.118. The molecule has 176 valence electrons. The van der Waals surface area contributed by atoms with Crippen LogP contribution in [-0.4, -0.2) is 21.7 Å². The van der Waals surface area contributed by atoms with E-state index in [4.69, 9.17) is 4.99 Å². The molecule has 5 rings (SSSR count).